The van der Waals surface area contributed by atoms with Gasteiger partial charge in [0.1, 0.15) is 0 Å². The monoisotopic (exact) mass is 771 g/mol. The molecule has 1 aliphatic heterocycles. The fraction of sp³-hybridized carbons (Fsp3) is 0.800. The van der Waals surface area contributed by atoms with E-state index in [4.69, 9.17) is 52.1 Å². The van der Waals surface area contributed by atoms with Crippen LogP contribution in [0.4, 0.5) is 0 Å². The first-order valence-electron chi connectivity index (χ1n) is 20.1. The molecule has 0 fully saturated rings. The molecule has 2 amide bonds. The maximum absolute atomic E-state index is 12.3. The maximum Gasteiger partial charge on any atom is 0.261 e. The Labute approximate surface area is 323 Å². The van der Waals surface area contributed by atoms with Gasteiger partial charge in [-0.3, -0.25) is 14.5 Å². The van der Waals surface area contributed by atoms with Crippen molar-refractivity contribution in [2.24, 2.45) is 0 Å². The summed E-state index contributed by atoms with van der Waals surface area (Å²) in [6.07, 6.45) is 10.5. The van der Waals surface area contributed by atoms with Crippen LogP contribution in [0.3, 0.4) is 0 Å². The molecule has 54 heavy (non-hydrogen) atoms. The minimum atomic E-state index is -0.276. The van der Waals surface area contributed by atoms with Crippen molar-refractivity contribution in [3.05, 3.63) is 35.4 Å². The van der Waals surface area contributed by atoms with Gasteiger partial charge in [-0.15, -0.1) is 0 Å². The molecule has 0 aromatic heterocycles. The van der Waals surface area contributed by atoms with E-state index in [9.17, 15) is 9.59 Å². The maximum atomic E-state index is 12.3. The van der Waals surface area contributed by atoms with E-state index >= 15 is 0 Å². The number of rotatable bonds is 42. The summed E-state index contributed by atoms with van der Waals surface area (Å²) in [6.45, 7) is 13.5. The lowest BCUT2D eigenvalue weighted by atomic mass is 10.1. The number of ether oxygens (including phenoxy) is 11. The van der Waals surface area contributed by atoms with Crippen LogP contribution in [0.1, 0.15) is 79.0 Å². The van der Waals surface area contributed by atoms with Gasteiger partial charge in [-0.2, -0.15) is 0 Å². The van der Waals surface area contributed by atoms with Gasteiger partial charge in [-0.1, -0.05) is 64.0 Å². The average molecular weight is 772 g/mol. The van der Waals surface area contributed by atoms with Gasteiger partial charge >= 0.3 is 0 Å². The number of imide groups is 1. The quantitative estimate of drug-likeness (QED) is 0.0677. The number of nitrogens with zero attached hydrogens (tertiary/aromatic N) is 1. The number of carbonyl (C=O) groups excluding carboxylic acids is 2. The van der Waals surface area contributed by atoms with E-state index in [1.54, 1.807) is 24.3 Å². The Balaban J connectivity index is 1.15. The molecule has 0 aliphatic carbocycles. The number of benzene rings is 1. The minimum Gasteiger partial charge on any atom is -0.379 e. The lowest BCUT2D eigenvalue weighted by molar-refractivity contribution is -0.0276. The Bertz CT molecular complexity index is 983. The first-order valence-corrected chi connectivity index (χ1v) is 20.1. The largest absolute Gasteiger partial charge is 0.379 e. The predicted molar refractivity (Wildman–Crippen MR) is 203 cm³/mol. The van der Waals surface area contributed by atoms with Gasteiger partial charge in [0.15, 0.2) is 0 Å². The summed E-state index contributed by atoms with van der Waals surface area (Å²) >= 11 is 0. The predicted octanol–water partition coefficient (Wildman–Crippen LogP) is 4.61. The summed E-state index contributed by atoms with van der Waals surface area (Å²) in [5, 5.41) is 0. The number of hydrogen-bond acceptors (Lipinski definition) is 13. The molecule has 0 bridgehead atoms. The van der Waals surface area contributed by atoms with Crippen molar-refractivity contribution in [2.45, 2.75) is 58.3 Å². The second-order valence-electron chi connectivity index (χ2n) is 12.5. The van der Waals surface area contributed by atoms with Crippen LogP contribution in [0, 0.1) is 0 Å². The average Bonchev–Trinajstić information content (AvgIpc) is 3.43. The molecule has 0 atom stereocenters. The Morgan fingerprint density at radius 3 is 0.926 bits per heavy atom. The lowest BCUT2D eigenvalue weighted by Gasteiger charge is -2.13. The highest BCUT2D eigenvalue weighted by molar-refractivity contribution is 6.21. The van der Waals surface area contributed by atoms with Gasteiger partial charge in [0.25, 0.3) is 11.8 Å². The molecule has 1 aromatic carbocycles. The van der Waals surface area contributed by atoms with Crippen LogP contribution in [0.15, 0.2) is 24.3 Å². The van der Waals surface area contributed by atoms with Crippen LogP contribution in [0.2, 0.25) is 0 Å². The van der Waals surface area contributed by atoms with Crippen LogP contribution < -0.4 is 0 Å². The Morgan fingerprint density at radius 1 is 0.352 bits per heavy atom. The van der Waals surface area contributed by atoms with E-state index in [0.29, 0.717) is 143 Å². The third-order valence-corrected chi connectivity index (χ3v) is 8.20. The summed E-state index contributed by atoms with van der Waals surface area (Å²) in [7, 11) is 0. The molecular weight excluding hydrogens is 702 g/mol. The van der Waals surface area contributed by atoms with Crippen molar-refractivity contribution >= 4 is 11.8 Å². The van der Waals surface area contributed by atoms with Crippen molar-refractivity contribution in [3.8, 4) is 0 Å². The molecule has 0 radical (unpaired) electrons. The van der Waals surface area contributed by atoms with Gasteiger partial charge < -0.3 is 52.1 Å². The van der Waals surface area contributed by atoms with Gasteiger partial charge in [0.2, 0.25) is 0 Å². The van der Waals surface area contributed by atoms with E-state index in [1.807, 2.05) is 0 Å². The fourth-order valence-corrected chi connectivity index (χ4v) is 5.24. The normalized spacial score (nSPS) is 12.7. The van der Waals surface area contributed by atoms with E-state index in [0.717, 1.165) is 13.0 Å². The Kier molecular flexibility index (Phi) is 32.5. The van der Waals surface area contributed by atoms with E-state index < -0.39 is 0 Å². The molecule has 14 heteroatoms. The van der Waals surface area contributed by atoms with Crippen molar-refractivity contribution in [1.82, 2.24) is 4.90 Å². The van der Waals surface area contributed by atoms with Gasteiger partial charge in [0, 0.05) is 6.61 Å². The molecule has 0 unspecified atom stereocenters. The summed E-state index contributed by atoms with van der Waals surface area (Å²) < 4.78 is 60.6. The van der Waals surface area contributed by atoms with Crippen molar-refractivity contribution in [3.63, 3.8) is 0 Å². The topological polar surface area (TPSA) is 139 Å². The zero-order chi connectivity index (χ0) is 38.4. The highest BCUT2D eigenvalue weighted by atomic mass is 16.6. The lowest BCUT2D eigenvalue weighted by Crippen LogP contribution is -2.33. The number of hydrogen-bond donors (Lipinski definition) is 0. The van der Waals surface area contributed by atoms with Crippen LogP contribution >= 0.6 is 0 Å². The summed E-state index contributed by atoms with van der Waals surface area (Å²) in [5.74, 6) is -0.552. The van der Waals surface area contributed by atoms with Crippen LogP contribution in [-0.2, 0) is 52.1 Å². The van der Waals surface area contributed by atoms with Gasteiger partial charge in [-0.05, 0) is 18.6 Å². The van der Waals surface area contributed by atoms with E-state index in [2.05, 4.69) is 6.92 Å². The number of amides is 2. The highest BCUT2D eigenvalue weighted by Gasteiger charge is 2.34. The van der Waals surface area contributed by atoms with E-state index in [-0.39, 0.29) is 25.0 Å². The molecule has 2 rings (SSSR count). The first kappa shape index (κ1) is 48.1. The number of fused-ring (bicyclic) bond motifs is 1. The van der Waals surface area contributed by atoms with Gasteiger partial charge in [-0.25, -0.2) is 0 Å². The van der Waals surface area contributed by atoms with Gasteiger partial charge in [0.05, 0.1) is 156 Å². The van der Waals surface area contributed by atoms with Crippen LogP contribution in [-0.4, -0.2) is 169 Å². The van der Waals surface area contributed by atoms with Crippen molar-refractivity contribution in [2.75, 3.05) is 152 Å². The summed E-state index contributed by atoms with van der Waals surface area (Å²) in [6, 6.07) is 6.83. The fourth-order valence-electron chi connectivity index (χ4n) is 5.24. The standard InChI is InChI=1S/C40H69NO13/c1-2-3-4-5-6-7-8-11-15-44-17-19-46-21-23-48-25-27-50-29-31-52-33-35-54-36-34-53-32-30-51-28-26-49-24-22-47-20-18-45-16-14-41-39(42)37-12-9-10-13-38(37)40(41)43/h9-10,12-13H,2-8,11,14-36H2,1H3. The first-order chi connectivity index (χ1) is 26.8. The van der Waals surface area contributed by atoms with Crippen molar-refractivity contribution in [1.29, 1.82) is 0 Å². The Morgan fingerprint density at radius 2 is 0.611 bits per heavy atom. The highest BCUT2D eigenvalue weighted by Crippen LogP contribution is 2.21. The molecule has 0 saturated heterocycles. The minimum absolute atomic E-state index is 0.215. The molecule has 1 aliphatic rings. The van der Waals surface area contributed by atoms with Crippen molar-refractivity contribution < 1.29 is 61.7 Å². The van der Waals surface area contributed by atoms with Crippen LogP contribution in [0.25, 0.3) is 0 Å². The molecule has 0 saturated carbocycles. The molecular formula is C40H69NO13. The molecule has 312 valence electrons. The zero-order valence-corrected chi connectivity index (χ0v) is 33.0. The Hall–Kier alpha value is -2.08. The molecule has 0 spiro atoms. The zero-order valence-electron chi connectivity index (χ0n) is 33.0. The summed E-state index contributed by atoms with van der Waals surface area (Å²) in [4.78, 5) is 25.8. The molecule has 14 nitrogen and oxygen atoms in total. The molecule has 1 aromatic rings. The SMILES string of the molecule is CCCCCCCCCCOCCOCCOCCOCCOCCOCCOCCOCCOCCOCCOCCN1C(=O)c2ccccc2C1=O. The second-order valence-corrected chi connectivity index (χ2v) is 12.5. The summed E-state index contributed by atoms with van der Waals surface area (Å²) in [5.41, 5.74) is 0.887. The molecule has 1 heterocycles. The third-order valence-electron chi connectivity index (χ3n) is 8.20. The number of unbranched alkanes of at least 4 members (excludes halogenated alkanes) is 7. The molecule has 0 N–H and O–H groups in total. The third kappa shape index (κ3) is 25.9. The smallest absolute Gasteiger partial charge is 0.261 e. The second kappa shape index (κ2) is 36.6. The van der Waals surface area contributed by atoms with E-state index in [1.165, 1.54) is 49.8 Å². The van der Waals surface area contributed by atoms with Crippen LogP contribution in [0.5, 0.6) is 0 Å². The number of carbonyl (C=O) groups is 2.